The van der Waals surface area contributed by atoms with Gasteiger partial charge in [-0.05, 0) is 25.0 Å². The van der Waals surface area contributed by atoms with Crippen molar-refractivity contribution in [1.29, 1.82) is 0 Å². The van der Waals surface area contributed by atoms with Crippen LogP contribution in [-0.2, 0) is 9.53 Å². The number of hydrogen-bond donors (Lipinski definition) is 2. The number of anilines is 1. The summed E-state index contributed by atoms with van der Waals surface area (Å²) in [6.07, 6.45) is 2.85. The fourth-order valence-corrected chi connectivity index (χ4v) is 2.17. The molecule has 1 aromatic rings. The minimum atomic E-state index is -0.269. The molecule has 126 valence electrons. The Bertz CT molecular complexity index is 547. The fourth-order valence-electron chi connectivity index (χ4n) is 2.17. The number of hydrogen-bond acceptors (Lipinski definition) is 5. The van der Waals surface area contributed by atoms with E-state index >= 15 is 0 Å². The van der Waals surface area contributed by atoms with E-state index in [2.05, 4.69) is 15.4 Å². The number of unbranched alkanes of at least 4 members (excludes halogenated alkanes) is 2. The predicted octanol–water partition coefficient (Wildman–Crippen LogP) is 2.31. The molecule has 0 aliphatic carbocycles. The second-order valence-electron chi connectivity index (χ2n) is 5.13. The van der Waals surface area contributed by atoms with Crippen LogP contribution in [0.4, 0.5) is 10.5 Å². The second-order valence-corrected chi connectivity index (χ2v) is 5.13. The van der Waals surface area contributed by atoms with Gasteiger partial charge in [-0.1, -0.05) is 6.42 Å². The minimum absolute atomic E-state index is 0.200. The van der Waals surface area contributed by atoms with E-state index in [4.69, 9.17) is 9.47 Å². The van der Waals surface area contributed by atoms with Gasteiger partial charge >= 0.3 is 12.0 Å². The van der Waals surface area contributed by atoms with E-state index in [0.717, 1.165) is 19.3 Å². The normalized spacial score (nSPS) is 12.4. The first kappa shape index (κ1) is 16.9. The molecule has 7 nitrogen and oxygen atoms in total. The maximum Gasteiger partial charge on any atom is 0.319 e. The molecule has 0 saturated carbocycles. The van der Waals surface area contributed by atoms with Crippen LogP contribution in [0.3, 0.4) is 0 Å². The quantitative estimate of drug-likeness (QED) is 0.594. The van der Waals surface area contributed by atoms with Crippen molar-refractivity contribution in [2.24, 2.45) is 0 Å². The third kappa shape index (κ3) is 5.69. The van der Waals surface area contributed by atoms with E-state index in [1.165, 1.54) is 7.11 Å². The molecule has 2 N–H and O–H groups in total. The molecule has 1 aliphatic heterocycles. The highest BCUT2D eigenvalue weighted by Gasteiger charge is 2.12. The van der Waals surface area contributed by atoms with Crippen molar-refractivity contribution >= 4 is 17.7 Å². The lowest BCUT2D eigenvalue weighted by atomic mass is 10.2. The van der Waals surface area contributed by atoms with E-state index in [1.807, 2.05) is 0 Å². The van der Waals surface area contributed by atoms with Crippen molar-refractivity contribution in [2.45, 2.75) is 25.7 Å². The Labute approximate surface area is 135 Å². The van der Waals surface area contributed by atoms with Gasteiger partial charge in [0.1, 0.15) is 13.2 Å². The van der Waals surface area contributed by atoms with E-state index < -0.39 is 0 Å². The van der Waals surface area contributed by atoms with Crippen LogP contribution in [0.25, 0.3) is 0 Å². The number of nitrogens with one attached hydrogen (secondary N) is 2. The van der Waals surface area contributed by atoms with Crippen LogP contribution in [0.15, 0.2) is 18.2 Å². The summed E-state index contributed by atoms with van der Waals surface area (Å²) in [4.78, 5) is 22.7. The van der Waals surface area contributed by atoms with Crippen LogP contribution in [0.1, 0.15) is 25.7 Å². The molecule has 1 aliphatic rings. The first-order chi connectivity index (χ1) is 11.2. The average molecular weight is 322 g/mol. The Balaban J connectivity index is 1.64. The number of carbonyl (C=O) groups is 2. The highest BCUT2D eigenvalue weighted by molar-refractivity contribution is 5.89. The Kier molecular flexibility index (Phi) is 6.53. The van der Waals surface area contributed by atoms with Crippen LogP contribution in [0.2, 0.25) is 0 Å². The van der Waals surface area contributed by atoms with Gasteiger partial charge in [-0.3, -0.25) is 4.79 Å². The van der Waals surface area contributed by atoms with Gasteiger partial charge in [0, 0.05) is 24.7 Å². The van der Waals surface area contributed by atoms with Crippen LogP contribution in [0, 0.1) is 0 Å². The number of urea groups is 1. The van der Waals surface area contributed by atoms with Crippen molar-refractivity contribution in [2.75, 3.05) is 32.2 Å². The number of rotatable bonds is 7. The standard InChI is InChI=1S/C16H22N2O5/c1-21-15(19)5-3-2-4-8-17-16(20)18-12-6-7-13-14(11-12)23-10-9-22-13/h6-7,11H,2-5,8-10H2,1H3,(H2,17,18,20). The third-order valence-electron chi connectivity index (χ3n) is 3.37. The van der Waals surface area contributed by atoms with Gasteiger partial charge in [-0.2, -0.15) is 0 Å². The molecular formula is C16H22N2O5. The van der Waals surface area contributed by atoms with Crippen molar-refractivity contribution in [3.63, 3.8) is 0 Å². The number of fused-ring (bicyclic) bond motifs is 1. The molecular weight excluding hydrogens is 300 g/mol. The number of esters is 1. The summed E-state index contributed by atoms with van der Waals surface area (Å²) in [7, 11) is 1.38. The van der Waals surface area contributed by atoms with Crippen LogP contribution in [-0.4, -0.2) is 38.9 Å². The maximum atomic E-state index is 11.8. The van der Waals surface area contributed by atoms with Crippen molar-refractivity contribution in [1.82, 2.24) is 5.32 Å². The van der Waals surface area contributed by atoms with Crippen molar-refractivity contribution in [3.05, 3.63) is 18.2 Å². The molecule has 2 amide bonds. The number of amides is 2. The highest BCUT2D eigenvalue weighted by atomic mass is 16.6. The fraction of sp³-hybridized carbons (Fsp3) is 0.500. The van der Waals surface area contributed by atoms with E-state index in [-0.39, 0.29) is 12.0 Å². The van der Waals surface area contributed by atoms with Gasteiger partial charge < -0.3 is 24.8 Å². The summed E-state index contributed by atoms with van der Waals surface area (Å²) in [5.74, 6) is 1.12. The zero-order valence-corrected chi connectivity index (χ0v) is 13.2. The lowest BCUT2D eigenvalue weighted by molar-refractivity contribution is -0.140. The molecule has 0 radical (unpaired) electrons. The highest BCUT2D eigenvalue weighted by Crippen LogP contribution is 2.32. The van der Waals surface area contributed by atoms with Gasteiger partial charge in [0.05, 0.1) is 7.11 Å². The van der Waals surface area contributed by atoms with Crippen LogP contribution in [0.5, 0.6) is 11.5 Å². The Morgan fingerprint density at radius 3 is 2.70 bits per heavy atom. The van der Waals surface area contributed by atoms with Gasteiger partial charge in [-0.15, -0.1) is 0 Å². The van der Waals surface area contributed by atoms with Gasteiger partial charge in [0.25, 0.3) is 0 Å². The molecule has 0 unspecified atom stereocenters. The predicted molar refractivity (Wildman–Crippen MR) is 84.9 cm³/mol. The van der Waals surface area contributed by atoms with Crippen LogP contribution < -0.4 is 20.1 Å². The number of benzene rings is 1. The SMILES string of the molecule is COC(=O)CCCCCNC(=O)Nc1ccc2c(c1)OCCO2. The summed E-state index contributed by atoms with van der Waals surface area (Å²) in [6, 6.07) is 5.01. The van der Waals surface area contributed by atoms with Crippen molar-refractivity contribution < 1.29 is 23.8 Å². The first-order valence-electron chi connectivity index (χ1n) is 7.70. The summed E-state index contributed by atoms with van der Waals surface area (Å²) in [5.41, 5.74) is 0.650. The molecule has 0 aromatic heterocycles. The zero-order valence-electron chi connectivity index (χ0n) is 13.2. The van der Waals surface area contributed by atoms with Gasteiger partial charge in [0.15, 0.2) is 11.5 Å². The molecule has 0 fully saturated rings. The zero-order chi connectivity index (χ0) is 16.5. The topological polar surface area (TPSA) is 85.9 Å². The van der Waals surface area contributed by atoms with Gasteiger partial charge in [-0.25, -0.2) is 4.79 Å². The smallest absolute Gasteiger partial charge is 0.319 e. The number of methoxy groups -OCH3 is 1. The minimum Gasteiger partial charge on any atom is -0.486 e. The Morgan fingerprint density at radius 1 is 1.13 bits per heavy atom. The van der Waals surface area contributed by atoms with Crippen LogP contribution >= 0.6 is 0 Å². The molecule has 1 aromatic carbocycles. The number of ether oxygens (including phenoxy) is 3. The van der Waals surface area contributed by atoms with E-state index in [9.17, 15) is 9.59 Å². The molecule has 23 heavy (non-hydrogen) atoms. The summed E-state index contributed by atoms with van der Waals surface area (Å²) in [6.45, 7) is 1.60. The largest absolute Gasteiger partial charge is 0.486 e. The van der Waals surface area contributed by atoms with E-state index in [0.29, 0.717) is 43.4 Å². The molecule has 0 atom stereocenters. The molecule has 0 saturated heterocycles. The number of carbonyl (C=O) groups excluding carboxylic acids is 2. The van der Waals surface area contributed by atoms with E-state index in [1.54, 1.807) is 18.2 Å². The van der Waals surface area contributed by atoms with Crippen molar-refractivity contribution in [3.8, 4) is 11.5 Å². The molecule has 0 bridgehead atoms. The summed E-state index contributed by atoms with van der Waals surface area (Å²) < 4.78 is 15.5. The monoisotopic (exact) mass is 322 g/mol. The molecule has 0 spiro atoms. The lowest BCUT2D eigenvalue weighted by Gasteiger charge is -2.19. The Hall–Kier alpha value is -2.44. The van der Waals surface area contributed by atoms with Gasteiger partial charge in [0.2, 0.25) is 0 Å². The second kappa shape index (κ2) is 8.87. The Morgan fingerprint density at radius 2 is 1.91 bits per heavy atom. The summed E-state index contributed by atoms with van der Waals surface area (Å²) >= 11 is 0. The third-order valence-corrected chi connectivity index (χ3v) is 3.37. The summed E-state index contributed by atoms with van der Waals surface area (Å²) in [5, 5.41) is 5.53. The molecule has 7 heteroatoms. The maximum absolute atomic E-state index is 11.8. The first-order valence-corrected chi connectivity index (χ1v) is 7.70. The lowest BCUT2D eigenvalue weighted by Crippen LogP contribution is -2.29. The average Bonchev–Trinajstić information content (AvgIpc) is 2.57. The molecule has 1 heterocycles. The molecule has 2 rings (SSSR count).